The number of benzene rings is 1. The maximum Gasteiger partial charge on any atom is 0.0615 e. The van der Waals surface area contributed by atoms with Crippen LogP contribution < -0.4 is 0 Å². The zero-order valence-electron chi connectivity index (χ0n) is 7.54. The molecule has 1 aromatic rings. The van der Waals surface area contributed by atoms with Crippen LogP contribution in [-0.2, 0) is 0 Å². The third-order valence-electron chi connectivity index (χ3n) is 2.32. The van der Waals surface area contributed by atoms with Gasteiger partial charge in [-0.3, -0.25) is 0 Å². The van der Waals surface area contributed by atoms with Gasteiger partial charge in [0.25, 0.3) is 0 Å². The van der Waals surface area contributed by atoms with Crippen molar-refractivity contribution in [1.29, 1.82) is 5.41 Å². The summed E-state index contributed by atoms with van der Waals surface area (Å²) in [6.07, 6.45) is 7.77. The van der Waals surface area contributed by atoms with Crippen molar-refractivity contribution in [3.8, 4) is 0 Å². The number of rotatable bonds is 0. The molecule has 0 spiro atoms. The molecule has 0 aliphatic heterocycles. The highest BCUT2D eigenvalue weighted by atomic mass is 14.4. The Morgan fingerprint density at radius 2 is 1.85 bits per heavy atom. The van der Waals surface area contributed by atoms with E-state index in [1.807, 2.05) is 30.4 Å². The van der Waals surface area contributed by atoms with Crippen molar-refractivity contribution in [3.63, 3.8) is 0 Å². The largest absolute Gasteiger partial charge is 0.300 e. The zero-order valence-corrected chi connectivity index (χ0v) is 7.54. The Balaban J connectivity index is 2.72. The molecule has 0 amide bonds. The summed E-state index contributed by atoms with van der Waals surface area (Å²) < 4.78 is 0. The monoisotopic (exact) mass is 169 g/mol. The first kappa shape index (κ1) is 7.99. The van der Waals surface area contributed by atoms with Gasteiger partial charge in [0.05, 0.1) is 5.71 Å². The zero-order chi connectivity index (χ0) is 9.26. The molecule has 0 saturated heterocycles. The summed E-state index contributed by atoms with van der Waals surface area (Å²) in [7, 11) is 0. The fourth-order valence-electron chi connectivity index (χ4n) is 1.53. The van der Waals surface area contributed by atoms with Crippen LogP contribution in [0.2, 0.25) is 0 Å². The SMILES string of the molecule is Cc1c2cccc1C(=N)/C=C\C=C/2. The molecule has 0 fully saturated rings. The molecule has 1 nitrogen and oxygen atoms in total. The van der Waals surface area contributed by atoms with Gasteiger partial charge in [-0.1, -0.05) is 36.4 Å². The number of allylic oxidation sites excluding steroid dienone is 3. The van der Waals surface area contributed by atoms with Crippen LogP contribution in [-0.4, -0.2) is 5.71 Å². The van der Waals surface area contributed by atoms with Crippen LogP contribution in [0, 0.1) is 12.3 Å². The molecule has 0 aromatic heterocycles. The van der Waals surface area contributed by atoms with E-state index in [4.69, 9.17) is 5.41 Å². The quantitative estimate of drug-likeness (QED) is 0.617. The highest BCUT2D eigenvalue weighted by molar-refractivity contribution is 6.08. The Labute approximate surface area is 77.9 Å². The topological polar surface area (TPSA) is 23.9 Å². The predicted molar refractivity (Wildman–Crippen MR) is 56.2 cm³/mol. The second kappa shape index (κ2) is 3.02. The number of hydrogen-bond acceptors (Lipinski definition) is 1. The first-order valence-corrected chi connectivity index (χ1v) is 4.32. The molecule has 1 heteroatoms. The van der Waals surface area contributed by atoms with Crippen LogP contribution >= 0.6 is 0 Å². The van der Waals surface area contributed by atoms with E-state index >= 15 is 0 Å². The van der Waals surface area contributed by atoms with E-state index in [2.05, 4.69) is 19.1 Å². The van der Waals surface area contributed by atoms with Crippen molar-refractivity contribution in [2.24, 2.45) is 0 Å². The summed E-state index contributed by atoms with van der Waals surface area (Å²) in [5.41, 5.74) is 4.00. The highest BCUT2D eigenvalue weighted by Crippen LogP contribution is 2.17. The van der Waals surface area contributed by atoms with E-state index in [1.54, 1.807) is 0 Å². The van der Waals surface area contributed by atoms with Crippen LogP contribution in [0.1, 0.15) is 16.7 Å². The minimum Gasteiger partial charge on any atom is -0.300 e. The van der Waals surface area contributed by atoms with E-state index in [1.165, 1.54) is 11.1 Å². The highest BCUT2D eigenvalue weighted by Gasteiger charge is 2.05. The molecule has 0 unspecified atom stereocenters. The van der Waals surface area contributed by atoms with E-state index in [0.29, 0.717) is 5.71 Å². The molecule has 0 radical (unpaired) electrons. The maximum atomic E-state index is 7.78. The van der Waals surface area contributed by atoms with E-state index in [0.717, 1.165) is 5.56 Å². The van der Waals surface area contributed by atoms with Gasteiger partial charge in [-0.25, -0.2) is 0 Å². The van der Waals surface area contributed by atoms with Gasteiger partial charge in [0.15, 0.2) is 0 Å². The van der Waals surface area contributed by atoms with Crippen molar-refractivity contribution in [2.75, 3.05) is 0 Å². The van der Waals surface area contributed by atoms with Gasteiger partial charge >= 0.3 is 0 Å². The smallest absolute Gasteiger partial charge is 0.0615 e. The molecule has 1 aliphatic carbocycles. The molecule has 1 N–H and O–H groups in total. The number of hydrogen-bond donors (Lipinski definition) is 1. The lowest BCUT2D eigenvalue weighted by Crippen LogP contribution is -2.00. The molecule has 2 rings (SSSR count). The summed E-state index contributed by atoms with van der Waals surface area (Å²) in [4.78, 5) is 0. The minimum atomic E-state index is 0.587. The van der Waals surface area contributed by atoms with Gasteiger partial charge in [0.1, 0.15) is 0 Å². The van der Waals surface area contributed by atoms with Crippen LogP contribution in [0.4, 0.5) is 0 Å². The average molecular weight is 169 g/mol. The van der Waals surface area contributed by atoms with Crippen molar-refractivity contribution >= 4 is 11.8 Å². The van der Waals surface area contributed by atoms with Crippen molar-refractivity contribution in [2.45, 2.75) is 6.92 Å². The molecule has 0 saturated carbocycles. The van der Waals surface area contributed by atoms with Gasteiger partial charge in [-0.05, 0) is 24.1 Å². The van der Waals surface area contributed by atoms with E-state index < -0.39 is 0 Å². The lowest BCUT2D eigenvalue weighted by molar-refractivity contribution is 1.38. The summed E-state index contributed by atoms with van der Waals surface area (Å²) in [6.45, 7) is 2.06. The maximum absolute atomic E-state index is 7.78. The van der Waals surface area contributed by atoms with Gasteiger partial charge in [0.2, 0.25) is 0 Å². The van der Waals surface area contributed by atoms with E-state index in [-0.39, 0.29) is 0 Å². The molecule has 13 heavy (non-hydrogen) atoms. The Kier molecular flexibility index (Phi) is 1.85. The third kappa shape index (κ3) is 1.33. The third-order valence-corrected chi connectivity index (χ3v) is 2.32. The Morgan fingerprint density at radius 3 is 2.69 bits per heavy atom. The molecule has 1 aromatic carbocycles. The van der Waals surface area contributed by atoms with Gasteiger partial charge in [0, 0.05) is 5.56 Å². The molecule has 2 bridgehead atoms. The summed E-state index contributed by atoms with van der Waals surface area (Å²) in [5, 5.41) is 7.78. The first-order valence-electron chi connectivity index (χ1n) is 4.32. The number of fused-ring (bicyclic) bond motifs is 2. The molecule has 64 valence electrons. The fraction of sp³-hybridized carbons (Fsp3) is 0.0833. The van der Waals surface area contributed by atoms with Gasteiger partial charge in [-0.15, -0.1) is 0 Å². The Hall–Kier alpha value is -1.63. The average Bonchev–Trinajstić information content (AvgIpc) is 2.14. The fourth-order valence-corrected chi connectivity index (χ4v) is 1.53. The number of nitrogens with one attached hydrogen (secondary N) is 1. The van der Waals surface area contributed by atoms with Crippen LogP contribution in [0.5, 0.6) is 0 Å². The van der Waals surface area contributed by atoms with Crippen molar-refractivity contribution in [1.82, 2.24) is 0 Å². The van der Waals surface area contributed by atoms with Crippen LogP contribution in [0.15, 0.2) is 36.4 Å². The van der Waals surface area contributed by atoms with Gasteiger partial charge < -0.3 is 5.41 Å². The summed E-state index contributed by atoms with van der Waals surface area (Å²) in [5.74, 6) is 0. The second-order valence-electron chi connectivity index (χ2n) is 3.15. The summed E-state index contributed by atoms with van der Waals surface area (Å²) >= 11 is 0. The van der Waals surface area contributed by atoms with Gasteiger partial charge in [-0.2, -0.15) is 0 Å². The van der Waals surface area contributed by atoms with Crippen LogP contribution in [0.25, 0.3) is 6.08 Å². The molecule has 0 heterocycles. The second-order valence-corrected chi connectivity index (χ2v) is 3.15. The van der Waals surface area contributed by atoms with Crippen molar-refractivity contribution in [3.05, 3.63) is 53.1 Å². The molecular weight excluding hydrogens is 158 g/mol. The molecule has 1 aliphatic rings. The van der Waals surface area contributed by atoms with E-state index in [9.17, 15) is 0 Å². The Bertz CT molecular complexity index is 411. The first-order chi connectivity index (χ1) is 6.29. The lowest BCUT2D eigenvalue weighted by Gasteiger charge is -2.08. The van der Waals surface area contributed by atoms with Crippen molar-refractivity contribution < 1.29 is 0 Å². The minimum absolute atomic E-state index is 0.587. The molecule has 0 atom stereocenters. The lowest BCUT2D eigenvalue weighted by atomic mass is 9.97. The Morgan fingerprint density at radius 1 is 1.08 bits per heavy atom. The van der Waals surface area contributed by atoms with Crippen LogP contribution in [0.3, 0.4) is 0 Å². The molecular formula is C12H11N. The summed E-state index contributed by atoms with van der Waals surface area (Å²) in [6, 6.07) is 6.06. The normalized spacial score (nSPS) is 19.0. The standard InChI is InChI=1S/C12H11N/c1-9-10-5-2-3-8-12(13)11(9)7-4-6-10/h2-8,13H,1H3/b5-2-,8-3-,13-12?. The predicted octanol–water partition coefficient (Wildman–Crippen LogP) is 2.95.